The molecule has 0 aliphatic carbocycles. The highest BCUT2D eigenvalue weighted by Crippen LogP contribution is 2.35. The number of ether oxygens (including phenoxy) is 1. The minimum atomic E-state index is 0.0770. The maximum atomic E-state index is 5.96. The zero-order chi connectivity index (χ0) is 17.5. The summed E-state index contributed by atoms with van der Waals surface area (Å²) in [6.07, 6.45) is 5.85. The van der Waals surface area contributed by atoms with Crippen molar-refractivity contribution in [1.29, 1.82) is 0 Å². The van der Waals surface area contributed by atoms with Gasteiger partial charge in [0.05, 0.1) is 12.3 Å². The van der Waals surface area contributed by atoms with E-state index in [0.717, 1.165) is 21.9 Å². The third-order valence-corrected chi connectivity index (χ3v) is 4.08. The van der Waals surface area contributed by atoms with Crippen molar-refractivity contribution in [1.82, 2.24) is 14.8 Å². The van der Waals surface area contributed by atoms with Gasteiger partial charge in [-0.25, -0.2) is 4.98 Å². The lowest BCUT2D eigenvalue weighted by Crippen LogP contribution is -2.11. The Kier molecular flexibility index (Phi) is 4.08. The molecule has 0 unspecified atom stereocenters. The molecule has 0 amide bonds. The average molecular weight is 323 g/mol. The summed E-state index contributed by atoms with van der Waals surface area (Å²) in [4.78, 5) is 4.60. The Balaban J connectivity index is 2.26. The van der Waals surface area contributed by atoms with Crippen LogP contribution in [0.2, 0.25) is 0 Å². The van der Waals surface area contributed by atoms with Crippen LogP contribution in [0.1, 0.15) is 40.2 Å². The van der Waals surface area contributed by atoms with Crippen molar-refractivity contribution >= 4 is 10.8 Å². The fourth-order valence-electron chi connectivity index (χ4n) is 2.79. The highest BCUT2D eigenvalue weighted by atomic mass is 16.5. The van der Waals surface area contributed by atoms with E-state index in [1.807, 2.05) is 44.2 Å². The molecule has 0 bridgehead atoms. The molecular formula is C20H25N3O. The third-order valence-electron chi connectivity index (χ3n) is 4.08. The number of rotatable bonds is 3. The molecule has 0 N–H and O–H groups in total. The molecule has 3 rings (SSSR count). The fourth-order valence-corrected chi connectivity index (χ4v) is 2.79. The molecule has 0 saturated heterocycles. The second-order valence-electron chi connectivity index (χ2n) is 7.56. The first kappa shape index (κ1) is 16.5. The molecule has 0 spiro atoms. The average Bonchev–Trinajstić information content (AvgIpc) is 2.92. The molecule has 126 valence electrons. The molecule has 0 radical (unpaired) electrons. The number of benzene rings is 1. The topological polar surface area (TPSA) is 39.9 Å². The van der Waals surface area contributed by atoms with Gasteiger partial charge >= 0.3 is 0 Å². The monoisotopic (exact) mass is 323 g/mol. The predicted molar refractivity (Wildman–Crippen MR) is 98.4 cm³/mol. The molecule has 0 aliphatic rings. The largest absolute Gasteiger partial charge is 0.475 e. The van der Waals surface area contributed by atoms with Crippen molar-refractivity contribution in [2.75, 3.05) is 0 Å². The van der Waals surface area contributed by atoms with E-state index in [1.165, 1.54) is 5.56 Å². The third kappa shape index (κ3) is 3.14. The van der Waals surface area contributed by atoms with Crippen molar-refractivity contribution in [3.63, 3.8) is 0 Å². The summed E-state index contributed by atoms with van der Waals surface area (Å²) in [6, 6.07) is 6.58. The normalized spacial score (nSPS) is 12.1. The minimum absolute atomic E-state index is 0.0770. The van der Waals surface area contributed by atoms with Crippen LogP contribution in [-0.4, -0.2) is 20.9 Å². The summed E-state index contributed by atoms with van der Waals surface area (Å²) in [7, 11) is 1.92. The van der Waals surface area contributed by atoms with Crippen LogP contribution in [0.15, 0.2) is 36.8 Å². The molecule has 4 nitrogen and oxygen atoms in total. The standard InChI is InChI=1S/C20H25N3O/c1-13(2)24-19-17-9-15(20(3,4)5)7-8-16(17)18(11-21-19)14-10-22-23(6)12-14/h7-13H,1-6H3. The van der Waals surface area contributed by atoms with Crippen LogP contribution >= 0.6 is 0 Å². The Labute approximate surface area is 143 Å². The van der Waals surface area contributed by atoms with Gasteiger partial charge in [-0.2, -0.15) is 5.10 Å². The number of fused-ring (bicyclic) bond motifs is 1. The number of aromatic nitrogens is 3. The van der Waals surface area contributed by atoms with Crippen LogP contribution in [0.5, 0.6) is 5.88 Å². The van der Waals surface area contributed by atoms with E-state index in [1.54, 1.807) is 0 Å². The number of hydrogen-bond donors (Lipinski definition) is 0. The van der Waals surface area contributed by atoms with Gasteiger partial charge in [-0.15, -0.1) is 0 Å². The summed E-state index contributed by atoms with van der Waals surface area (Å²) in [5.74, 6) is 0.693. The lowest BCUT2D eigenvalue weighted by atomic mass is 9.85. The van der Waals surface area contributed by atoms with E-state index in [2.05, 4.69) is 49.1 Å². The number of aryl methyl sites for hydroxylation is 1. The van der Waals surface area contributed by atoms with E-state index in [-0.39, 0.29) is 11.5 Å². The smallest absolute Gasteiger partial charge is 0.221 e. The molecule has 24 heavy (non-hydrogen) atoms. The number of pyridine rings is 1. The Bertz CT molecular complexity index is 872. The van der Waals surface area contributed by atoms with Gasteiger partial charge in [-0.3, -0.25) is 4.68 Å². The van der Waals surface area contributed by atoms with Crippen molar-refractivity contribution in [3.05, 3.63) is 42.4 Å². The molecule has 1 aromatic carbocycles. The molecule has 0 aliphatic heterocycles. The quantitative estimate of drug-likeness (QED) is 0.700. The Morgan fingerprint density at radius 2 is 1.83 bits per heavy atom. The zero-order valence-corrected chi connectivity index (χ0v) is 15.3. The van der Waals surface area contributed by atoms with Crippen LogP contribution in [0.25, 0.3) is 21.9 Å². The van der Waals surface area contributed by atoms with E-state index in [9.17, 15) is 0 Å². The minimum Gasteiger partial charge on any atom is -0.475 e. The summed E-state index contributed by atoms with van der Waals surface area (Å²) < 4.78 is 7.77. The molecule has 0 saturated carbocycles. The Morgan fingerprint density at radius 1 is 1.08 bits per heavy atom. The summed E-state index contributed by atoms with van der Waals surface area (Å²) in [5, 5.41) is 6.48. The van der Waals surface area contributed by atoms with Gasteiger partial charge in [-0.05, 0) is 36.3 Å². The zero-order valence-electron chi connectivity index (χ0n) is 15.3. The van der Waals surface area contributed by atoms with E-state index >= 15 is 0 Å². The Hall–Kier alpha value is -2.36. The highest BCUT2D eigenvalue weighted by molar-refractivity contribution is 5.99. The van der Waals surface area contributed by atoms with Crippen LogP contribution in [0, 0.1) is 0 Å². The first-order chi connectivity index (χ1) is 11.3. The second kappa shape index (κ2) is 5.93. The molecule has 0 fully saturated rings. The molecule has 2 aromatic heterocycles. The maximum Gasteiger partial charge on any atom is 0.221 e. The van der Waals surface area contributed by atoms with E-state index in [4.69, 9.17) is 4.74 Å². The van der Waals surface area contributed by atoms with Crippen molar-refractivity contribution in [2.24, 2.45) is 7.05 Å². The van der Waals surface area contributed by atoms with Gasteiger partial charge in [0.2, 0.25) is 5.88 Å². The van der Waals surface area contributed by atoms with Gasteiger partial charge < -0.3 is 4.74 Å². The summed E-state index contributed by atoms with van der Waals surface area (Å²) in [5.41, 5.74) is 3.49. The lowest BCUT2D eigenvalue weighted by Gasteiger charge is -2.21. The van der Waals surface area contributed by atoms with Crippen LogP contribution in [-0.2, 0) is 12.5 Å². The lowest BCUT2D eigenvalue weighted by molar-refractivity contribution is 0.236. The predicted octanol–water partition coefficient (Wildman–Crippen LogP) is 4.72. The second-order valence-corrected chi connectivity index (χ2v) is 7.56. The number of nitrogens with zero attached hydrogens (tertiary/aromatic N) is 3. The highest BCUT2D eigenvalue weighted by Gasteiger charge is 2.18. The SMILES string of the molecule is CC(C)Oc1ncc(-c2cnn(C)c2)c2ccc(C(C)(C)C)cc12. The van der Waals surface area contributed by atoms with Crippen LogP contribution in [0.4, 0.5) is 0 Å². The summed E-state index contributed by atoms with van der Waals surface area (Å²) in [6.45, 7) is 10.7. The van der Waals surface area contributed by atoms with Gasteiger partial charge in [0.1, 0.15) is 0 Å². The van der Waals surface area contributed by atoms with Crippen molar-refractivity contribution in [2.45, 2.75) is 46.1 Å². The van der Waals surface area contributed by atoms with Crippen LogP contribution in [0.3, 0.4) is 0 Å². The van der Waals surface area contributed by atoms with Gasteiger partial charge in [0, 0.05) is 36.0 Å². The summed E-state index contributed by atoms with van der Waals surface area (Å²) >= 11 is 0. The van der Waals surface area contributed by atoms with Gasteiger partial charge in [0.15, 0.2) is 0 Å². The molecule has 4 heteroatoms. The van der Waals surface area contributed by atoms with Crippen molar-refractivity contribution in [3.8, 4) is 17.0 Å². The van der Waals surface area contributed by atoms with Crippen molar-refractivity contribution < 1.29 is 4.74 Å². The molecule has 2 heterocycles. The fraction of sp³-hybridized carbons (Fsp3) is 0.400. The maximum absolute atomic E-state index is 5.96. The molecule has 3 aromatic rings. The Morgan fingerprint density at radius 3 is 2.42 bits per heavy atom. The van der Waals surface area contributed by atoms with Gasteiger partial charge in [-0.1, -0.05) is 32.9 Å². The molecule has 0 atom stereocenters. The van der Waals surface area contributed by atoms with E-state index in [0.29, 0.717) is 5.88 Å². The first-order valence-corrected chi connectivity index (χ1v) is 8.34. The first-order valence-electron chi connectivity index (χ1n) is 8.34. The molecular weight excluding hydrogens is 298 g/mol. The number of hydrogen-bond acceptors (Lipinski definition) is 3. The van der Waals surface area contributed by atoms with Gasteiger partial charge in [0.25, 0.3) is 0 Å². The van der Waals surface area contributed by atoms with E-state index < -0.39 is 0 Å². The van der Waals surface area contributed by atoms with Crippen LogP contribution < -0.4 is 4.74 Å².